The molecule has 1 aliphatic carbocycles. The number of ether oxygens (including phenoxy) is 1. The molecule has 2 atom stereocenters. The van der Waals surface area contributed by atoms with Crippen molar-refractivity contribution in [3.63, 3.8) is 0 Å². The summed E-state index contributed by atoms with van der Waals surface area (Å²) in [6.45, 7) is 0. The lowest BCUT2D eigenvalue weighted by Crippen LogP contribution is -2.33. The molecule has 0 heterocycles. The molecule has 1 aliphatic rings. The summed E-state index contributed by atoms with van der Waals surface area (Å²) in [5.74, 6) is 0. The highest BCUT2D eigenvalue weighted by atomic mass is 32.2. The van der Waals surface area contributed by atoms with Crippen LogP contribution in [0.3, 0.4) is 0 Å². The second kappa shape index (κ2) is 3.75. The second-order valence-corrected chi connectivity index (χ2v) is 4.42. The molecule has 76 valence electrons. The van der Waals surface area contributed by atoms with Gasteiger partial charge in [0.25, 0.3) is 10.1 Å². The Hall–Kier alpha value is -0.430. The molecule has 0 fully saturated rings. The van der Waals surface area contributed by atoms with Gasteiger partial charge in [-0.2, -0.15) is 8.42 Å². The topological polar surface area (TPSA) is 89.6 Å². The quantitative estimate of drug-likeness (QED) is 0.617. The van der Waals surface area contributed by atoms with Gasteiger partial charge in [-0.05, 0) is 18.9 Å². The van der Waals surface area contributed by atoms with Gasteiger partial charge in [-0.25, -0.2) is 0 Å². The van der Waals surface area contributed by atoms with Gasteiger partial charge >= 0.3 is 0 Å². The number of nitrogens with two attached hydrogens (primary N) is 1. The first kappa shape index (κ1) is 10.6. The van der Waals surface area contributed by atoms with E-state index in [9.17, 15) is 8.42 Å². The molecule has 6 heteroatoms. The predicted octanol–water partition coefficient (Wildman–Crippen LogP) is -0.106. The molecular formula is C7H13NO4S. The zero-order chi connectivity index (χ0) is 10.1. The van der Waals surface area contributed by atoms with Crippen molar-refractivity contribution in [1.82, 2.24) is 0 Å². The van der Waals surface area contributed by atoms with E-state index in [-0.39, 0.29) is 11.0 Å². The van der Waals surface area contributed by atoms with Crippen LogP contribution >= 0.6 is 0 Å². The first-order valence-electron chi connectivity index (χ1n) is 3.92. The van der Waals surface area contributed by atoms with Crippen molar-refractivity contribution in [2.45, 2.75) is 25.0 Å². The van der Waals surface area contributed by atoms with Crippen molar-refractivity contribution >= 4 is 10.1 Å². The lowest BCUT2D eigenvalue weighted by atomic mass is 10.0. The molecule has 0 saturated heterocycles. The van der Waals surface area contributed by atoms with Gasteiger partial charge in [-0.15, -0.1) is 0 Å². The fourth-order valence-corrected chi connectivity index (χ4v) is 2.16. The third kappa shape index (κ3) is 2.50. The molecule has 5 nitrogen and oxygen atoms in total. The molecule has 0 spiro atoms. The Kier molecular flexibility index (Phi) is 3.07. The van der Waals surface area contributed by atoms with Crippen LogP contribution in [0.15, 0.2) is 11.0 Å². The summed E-state index contributed by atoms with van der Waals surface area (Å²) in [6, 6.07) is -0.610. The molecule has 0 saturated carbocycles. The zero-order valence-corrected chi connectivity index (χ0v) is 8.12. The van der Waals surface area contributed by atoms with Gasteiger partial charge in [-0.3, -0.25) is 4.55 Å². The average molecular weight is 207 g/mol. The highest BCUT2D eigenvalue weighted by Crippen LogP contribution is 2.22. The monoisotopic (exact) mass is 207 g/mol. The summed E-state index contributed by atoms with van der Waals surface area (Å²) in [7, 11) is -2.68. The van der Waals surface area contributed by atoms with Gasteiger partial charge in [0.05, 0.1) is 11.0 Å². The van der Waals surface area contributed by atoms with E-state index in [2.05, 4.69) is 0 Å². The Morgan fingerprint density at radius 2 is 2.23 bits per heavy atom. The summed E-state index contributed by atoms with van der Waals surface area (Å²) in [5.41, 5.74) is 5.52. The number of rotatable bonds is 2. The SMILES string of the molecule is CO[C@@H]1C=C(S(=O)(=O)O)C(N)CC1. The van der Waals surface area contributed by atoms with E-state index in [1.807, 2.05) is 0 Å². The first-order chi connectivity index (χ1) is 5.95. The number of hydrogen-bond donors (Lipinski definition) is 2. The van der Waals surface area contributed by atoms with Crippen LogP contribution in [0.5, 0.6) is 0 Å². The van der Waals surface area contributed by atoms with Crippen LogP contribution in [0, 0.1) is 0 Å². The maximum Gasteiger partial charge on any atom is 0.291 e. The van der Waals surface area contributed by atoms with Crippen LogP contribution in [0.1, 0.15) is 12.8 Å². The van der Waals surface area contributed by atoms with Gasteiger partial charge in [0.15, 0.2) is 0 Å². The van der Waals surface area contributed by atoms with E-state index in [4.69, 9.17) is 15.0 Å². The minimum absolute atomic E-state index is 0.134. The second-order valence-electron chi connectivity index (χ2n) is 3.00. The molecular weight excluding hydrogens is 194 g/mol. The molecule has 0 aromatic rings. The molecule has 0 aromatic heterocycles. The van der Waals surface area contributed by atoms with Crippen molar-refractivity contribution in [3.05, 3.63) is 11.0 Å². The van der Waals surface area contributed by atoms with Crippen molar-refractivity contribution in [2.24, 2.45) is 5.73 Å². The van der Waals surface area contributed by atoms with Crippen LogP contribution in [0.2, 0.25) is 0 Å². The average Bonchev–Trinajstić information content (AvgIpc) is 2.03. The number of methoxy groups -OCH3 is 1. The molecule has 0 bridgehead atoms. The van der Waals surface area contributed by atoms with E-state index >= 15 is 0 Å². The van der Waals surface area contributed by atoms with Crippen LogP contribution < -0.4 is 5.73 Å². The Morgan fingerprint density at radius 3 is 2.69 bits per heavy atom. The summed E-state index contributed by atoms with van der Waals surface area (Å²) < 4.78 is 35.4. The largest absolute Gasteiger partial charge is 0.377 e. The van der Waals surface area contributed by atoms with E-state index in [0.29, 0.717) is 12.8 Å². The summed E-state index contributed by atoms with van der Waals surface area (Å²) >= 11 is 0. The van der Waals surface area contributed by atoms with E-state index in [0.717, 1.165) is 0 Å². The van der Waals surface area contributed by atoms with Gasteiger partial charge in [0, 0.05) is 13.2 Å². The van der Waals surface area contributed by atoms with Crippen LogP contribution in [0.25, 0.3) is 0 Å². The standard InChI is InChI=1S/C7H13NO4S/c1-12-5-2-3-6(8)7(4-5)13(9,10)11/h4-6H,2-3,8H2,1H3,(H,9,10,11)/t5-,6?/m0/s1. The maximum absolute atomic E-state index is 10.8. The predicted molar refractivity (Wildman–Crippen MR) is 47.6 cm³/mol. The van der Waals surface area contributed by atoms with Gasteiger partial charge in [0.1, 0.15) is 0 Å². The molecule has 3 N–H and O–H groups in total. The molecule has 1 rings (SSSR count). The van der Waals surface area contributed by atoms with E-state index < -0.39 is 16.2 Å². The normalized spacial score (nSPS) is 29.9. The van der Waals surface area contributed by atoms with Gasteiger partial charge in [0.2, 0.25) is 0 Å². The zero-order valence-electron chi connectivity index (χ0n) is 7.30. The summed E-state index contributed by atoms with van der Waals surface area (Å²) in [5, 5.41) is 0. The molecule has 0 aromatic carbocycles. The molecule has 0 amide bonds. The Labute approximate surface area is 77.3 Å². The van der Waals surface area contributed by atoms with Crippen LogP contribution in [0.4, 0.5) is 0 Å². The summed E-state index contributed by atoms with van der Waals surface area (Å²) in [6.07, 6.45) is 2.28. The first-order valence-corrected chi connectivity index (χ1v) is 5.36. The van der Waals surface area contributed by atoms with Crippen LogP contribution in [-0.4, -0.2) is 32.2 Å². The highest BCUT2D eigenvalue weighted by molar-refractivity contribution is 7.89. The molecule has 1 unspecified atom stereocenters. The number of hydrogen-bond acceptors (Lipinski definition) is 4. The third-order valence-electron chi connectivity index (χ3n) is 2.08. The molecule has 13 heavy (non-hydrogen) atoms. The highest BCUT2D eigenvalue weighted by Gasteiger charge is 2.27. The lowest BCUT2D eigenvalue weighted by Gasteiger charge is -2.23. The van der Waals surface area contributed by atoms with Crippen molar-refractivity contribution in [2.75, 3.05) is 7.11 Å². The van der Waals surface area contributed by atoms with Crippen molar-refractivity contribution in [3.8, 4) is 0 Å². The van der Waals surface area contributed by atoms with Crippen LogP contribution in [-0.2, 0) is 14.9 Å². The Bertz CT molecular complexity index is 308. The fraction of sp³-hybridized carbons (Fsp3) is 0.714. The minimum Gasteiger partial charge on any atom is -0.377 e. The van der Waals surface area contributed by atoms with E-state index in [1.54, 1.807) is 0 Å². The van der Waals surface area contributed by atoms with E-state index in [1.165, 1.54) is 13.2 Å². The van der Waals surface area contributed by atoms with Gasteiger partial charge < -0.3 is 10.5 Å². The Morgan fingerprint density at radius 1 is 1.62 bits per heavy atom. The molecule has 0 radical (unpaired) electrons. The third-order valence-corrected chi connectivity index (χ3v) is 3.11. The minimum atomic E-state index is -4.16. The van der Waals surface area contributed by atoms with Crippen molar-refractivity contribution in [1.29, 1.82) is 0 Å². The molecule has 0 aliphatic heterocycles. The lowest BCUT2D eigenvalue weighted by molar-refractivity contribution is 0.125. The summed E-state index contributed by atoms with van der Waals surface area (Å²) in [4.78, 5) is -0.134. The Balaban J connectivity index is 2.97. The maximum atomic E-state index is 10.8. The van der Waals surface area contributed by atoms with Crippen molar-refractivity contribution < 1.29 is 17.7 Å². The fourth-order valence-electron chi connectivity index (χ4n) is 1.34. The smallest absolute Gasteiger partial charge is 0.291 e. The van der Waals surface area contributed by atoms with Gasteiger partial charge in [-0.1, -0.05) is 0 Å².